The van der Waals surface area contributed by atoms with Crippen LogP contribution in [0, 0.1) is 11.8 Å². The lowest BCUT2D eigenvalue weighted by Crippen LogP contribution is -2.07. The van der Waals surface area contributed by atoms with Crippen molar-refractivity contribution < 1.29 is 8.76 Å². The summed E-state index contributed by atoms with van der Waals surface area (Å²) in [6.07, 6.45) is 0.500. The minimum Gasteiger partial charge on any atom is -0.306 e. The molecule has 0 rings (SSSR count). The Kier molecular flexibility index (Phi) is 4.37. The second kappa shape index (κ2) is 4.54. The molecule has 0 aliphatic heterocycles. The fourth-order valence-electron chi connectivity index (χ4n) is 0.317. The van der Waals surface area contributed by atoms with Crippen LogP contribution in [0.2, 0.25) is 0 Å². The molecule has 2 unspecified atom stereocenters. The van der Waals surface area contributed by atoms with Crippen molar-refractivity contribution in [2.75, 3.05) is 0 Å². The van der Waals surface area contributed by atoms with Gasteiger partial charge in [-0.05, 0) is 13.8 Å². The zero-order valence-corrected chi connectivity index (χ0v) is 6.36. The van der Waals surface area contributed by atoms with Gasteiger partial charge in [0.1, 0.15) is 0 Å². The molecule has 0 aromatic carbocycles. The highest BCUT2D eigenvalue weighted by atomic mass is 32.2. The van der Waals surface area contributed by atoms with E-state index in [0.717, 1.165) is 0 Å². The van der Waals surface area contributed by atoms with E-state index in [4.69, 9.17) is 4.55 Å². The summed E-state index contributed by atoms with van der Waals surface area (Å²) in [4.78, 5) is 0. The van der Waals surface area contributed by atoms with Crippen molar-refractivity contribution in [1.82, 2.24) is 0 Å². The molecule has 0 aromatic heterocycles. The first-order valence-corrected chi connectivity index (χ1v) is 3.84. The second-order valence-electron chi connectivity index (χ2n) is 1.72. The summed E-state index contributed by atoms with van der Waals surface area (Å²) < 4.78 is 18.7. The van der Waals surface area contributed by atoms with Crippen molar-refractivity contribution in [2.24, 2.45) is 0 Å². The fraction of sp³-hybridized carbons (Fsp3) is 0.667. The van der Waals surface area contributed by atoms with Gasteiger partial charge in [0.25, 0.3) is 0 Å². The van der Waals surface area contributed by atoms with E-state index in [1.807, 2.05) is 0 Å². The van der Waals surface area contributed by atoms with Gasteiger partial charge in [0, 0.05) is 6.42 Å². The largest absolute Gasteiger partial charge is 0.306 e. The molecule has 2 nitrogen and oxygen atoms in total. The van der Waals surface area contributed by atoms with E-state index < -0.39 is 11.1 Å². The topological polar surface area (TPSA) is 37.3 Å². The monoisotopic (exact) mass is 146 g/mol. The Morgan fingerprint density at radius 3 is 2.67 bits per heavy atom. The summed E-state index contributed by atoms with van der Waals surface area (Å²) in [6.45, 7) is 3.41. The summed E-state index contributed by atoms with van der Waals surface area (Å²) in [5.74, 6) is 5.38. The van der Waals surface area contributed by atoms with Gasteiger partial charge < -0.3 is 4.55 Å². The molecule has 0 amide bonds. The van der Waals surface area contributed by atoms with Gasteiger partial charge in [-0.25, -0.2) is 4.21 Å². The minimum absolute atomic E-state index is 0.225. The Labute approximate surface area is 57.9 Å². The molecule has 0 bridgehead atoms. The van der Waals surface area contributed by atoms with Crippen molar-refractivity contribution in [3.8, 4) is 11.8 Å². The molecule has 0 spiro atoms. The molecule has 0 saturated heterocycles. The zero-order valence-electron chi connectivity index (χ0n) is 5.55. The molecule has 0 radical (unpaired) electrons. The molecule has 0 aliphatic carbocycles. The van der Waals surface area contributed by atoms with E-state index in [2.05, 4.69) is 11.8 Å². The normalized spacial score (nSPS) is 15.4. The molecular formula is C6H10O2S. The minimum atomic E-state index is -1.71. The Hall–Kier alpha value is -0.330. The molecule has 52 valence electrons. The molecule has 2 atom stereocenters. The highest BCUT2D eigenvalue weighted by Gasteiger charge is 2.04. The Morgan fingerprint density at radius 1 is 1.78 bits per heavy atom. The first-order chi connectivity index (χ1) is 4.18. The van der Waals surface area contributed by atoms with Crippen molar-refractivity contribution in [2.45, 2.75) is 25.5 Å². The van der Waals surface area contributed by atoms with E-state index in [1.54, 1.807) is 13.8 Å². The lowest BCUT2D eigenvalue weighted by Gasteiger charge is -1.97. The maximum Gasteiger partial charge on any atom is 0.156 e. The van der Waals surface area contributed by atoms with Crippen LogP contribution in [-0.2, 0) is 11.1 Å². The van der Waals surface area contributed by atoms with Crippen molar-refractivity contribution in [3.05, 3.63) is 0 Å². The number of hydrogen-bond acceptors (Lipinski definition) is 1. The van der Waals surface area contributed by atoms with Crippen molar-refractivity contribution >= 4 is 11.1 Å². The van der Waals surface area contributed by atoms with Gasteiger partial charge in [-0.3, -0.25) is 0 Å². The summed E-state index contributed by atoms with van der Waals surface area (Å²) >= 11 is -1.71. The van der Waals surface area contributed by atoms with Crippen LogP contribution in [-0.4, -0.2) is 14.0 Å². The summed E-state index contributed by atoms with van der Waals surface area (Å²) in [6, 6.07) is 0. The molecule has 0 fully saturated rings. The van der Waals surface area contributed by atoms with Gasteiger partial charge in [-0.15, -0.1) is 11.8 Å². The molecule has 0 aliphatic rings. The van der Waals surface area contributed by atoms with E-state index in [0.29, 0.717) is 6.42 Å². The van der Waals surface area contributed by atoms with Gasteiger partial charge in [0.15, 0.2) is 11.1 Å². The van der Waals surface area contributed by atoms with Crippen LogP contribution in [0.15, 0.2) is 0 Å². The maximum absolute atomic E-state index is 10.2. The van der Waals surface area contributed by atoms with E-state index >= 15 is 0 Å². The SMILES string of the molecule is CC#CCC(C)S(=O)O. The average Bonchev–Trinajstić information content (AvgIpc) is 1.82. The Bertz CT molecular complexity index is 154. The highest BCUT2D eigenvalue weighted by Crippen LogP contribution is 1.95. The van der Waals surface area contributed by atoms with Gasteiger partial charge in [-0.2, -0.15) is 0 Å². The predicted molar refractivity (Wildman–Crippen MR) is 38.3 cm³/mol. The molecule has 0 saturated carbocycles. The number of hydrogen-bond donors (Lipinski definition) is 1. The van der Waals surface area contributed by atoms with Gasteiger partial charge in [0.2, 0.25) is 0 Å². The van der Waals surface area contributed by atoms with Crippen LogP contribution >= 0.6 is 0 Å². The van der Waals surface area contributed by atoms with Crippen molar-refractivity contribution in [1.29, 1.82) is 0 Å². The molecule has 1 N–H and O–H groups in total. The van der Waals surface area contributed by atoms with Gasteiger partial charge >= 0.3 is 0 Å². The molecule has 0 heterocycles. The summed E-state index contributed by atoms with van der Waals surface area (Å²) in [5, 5.41) is -0.225. The van der Waals surface area contributed by atoms with Crippen molar-refractivity contribution in [3.63, 3.8) is 0 Å². The van der Waals surface area contributed by atoms with Gasteiger partial charge in [0.05, 0.1) is 5.25 Å². The highest BCUT2D eigenvalue weighted by molar-refractivity contribution is 7.79. The van der Waals surface area contributed by atoms with Crippen LogP contribution in [0.3, 0.4) is 0 Å². The van der Waals surface area contributed by atoms with Crippen LogP contribution in [0.25, 0.3) is 0 Å². The molecule has 9 heavy (non-hydrogen) atoms. The smallest absolute Gasteiger partial charge is 0.156 e. The summed E-state index contributed by atoms with van der Waals surface area (Å²) in [7, 11) is 0. The third-order valence-electron chi connectivity index (χ3n) is 0.911. The summed E-state index contributed by atoms with van der Waals surface area (Å²) in [5.41, 5.74) is 0. The lowest BCUT2D eigenvalue weighted by atomic mass is 10.3. The second-order valence-corrected chi connectivity index (χ2v) is 3.07. The first kappa shape index (κ1) is 8.67. The molecular weight excluding hydrogens is 136 g/mol. The third-order valence-corrected chi connectivity index (χ3v) is 1.77. The molecule has 3 heteroatoms. The predicted octanol–water partition coefficient (Wildman–Crippen LogP) is 1.01. The Balaban J connectivity index is 3.59. The van der Waals surface area contributed by atoms with Crippen LogP contribution in [0.5, 0.6) is 0 Å². The first-order valence-electron chi connectivity index (χ1n) is 2.67. The van der Waals surface area contributed by atoms with E-state index in [1.165, 1.54) is 0 Å². The van der Waals surface area contributed by atoms with Gasteiger partial charge in [-0.1, -0.05) is 0 Å². The number of rotatable bonds is 2. The third kappa shape index (κ3) is 4.19. The molecule has 0 aromatic rings. The van der Waals surface area contributed by atoms with E-state index in [-0.39, 0.29) is 5.25 Å². The fourth-order valence-corrected chi connectivity index (χ4v) is 0.543. The quantitative estimate of drug-likeness (QED) is 0.466. The van der Waals surface area contributed by atoms with E-state index in [9.17, 15) is 4.21 Å². The lowest BCUT2D eigenvalue weighted by molar-refractivity contribution is 0.552. The zero-order chi connectivity index (χ0) is 7.28. The maximum atomic E-state index is 10.2. The average molecular weight is 146 g/mol. The van der Waals surface area contributed by atoms with Crippen LogP contribution < -0.4 is 0 Å². The van der Waals surface area contributed by atoms with Crippen LogP contribution in [0.4, 0.5) is 0 Å². The standard InChI is InChI=1S/C6H10O2S/c1-3-4-5-6(2)9(7)8/h6H,5H2,1-2H3,(H,7,8). The Morgan fingerprint density at radius 2 is 2.33 bits per heavy atom. The van der Waals surface area contributed by atoms with Crippen LogP contribution in [0.1, 0.15) is 20.3 Å².